The molecule has 6 nitrogen and oxygen atoms in total. The van der Waals surface area contributed by atoms with Gasteiger partial charge in [0.15, 0.2) is 0 Å². The number of ether oxygens (including phenoxy) is 1. The van der Waals surface area contributed by atoms with Crippen LogP contribution in [0.2, 0.25) is 0 Å². The van der Waals surface area contributed by atoms with Gasteiger partial charge in [0.2, 0.25) is 0 Å². The van der Waals surface area contributed by atoms with Crippen molar-refractivity contribution in [1.29, 1.82) is 0 Å². The summed E-state index contributed by atoms with van der Waals surface area (Å²) in [6, 6.07) is 18.1. The Kier molecular flexibility index (Phi) is 6.24. The minimum absolute atomic E-state index is 0.267. The molecule has 0 radical (unpaired) electrons. The van der Waals surface area contributed by atoms with Crippen LogP contribution < -0.4 is 10.6 Å². The summed E-state index contributed by atoms with van der Waals surface area (Å²) in [5, 5.41) is 6.02. The number of anilines is 3. The highest BCUT2D eigenvalue weighted by molar-refractivity contribution is 6.03. The lowest BCUT2D eigenvalue weighted by Crippen LogP contribution is -2.13. The zero-order chi connectivity index (χ0) is 20.8. The van der Waals surface area contributed by atoms with E-state index in [4.69, 9.17) is 0 Å². The van der Waals surface area contributed by atoms with Crippen LogP contribution in [-0.2, 0) is 4.74 Å². The Balaban J connectivity index is 1.61. The van der Waals surface area contributed by atoms with Crippen molar-refractivity contribution in [2.24, 2.45) is 0 Å². The zero-order valence-corrected chi connectivity index (χ0v) is 16.6. The summed E-state index contributed by atoms with van der Waals surface area (Å²) in [6.45, 7) is 4.25. The lowest BCUT2D eigenvalue weighted by Gasteiger charge is -2.09. The molecule has 2 aromatic carbocycles. The van der Waals surface area contributed by atoms with Gasteiger partial charge >= 0.3 is 5.97 Å². The molecule has 2 N–H and O–H groups in total. The van der Waals surface area contributed by atoms with Crippen molar-refractivity contribution in [3.05, 3.63) is 83.7 Å². The van der Waals surface area contributed by atoms with Gasteiger partial charge in [0.25, 0.3) is 5.91 Å². The number of carbonyl (C=O) groups excluding carboxylic acids is 2. The molecular weight excluding hydrogens is 366 g/mol. The Hall–Kier alpha value is -3.67. The largest absolute Gasteiger partial charge is 0.465 e. The minimum atomic E-state index is -0.382. The number of rotatable bonds is 6. The normalized spacial score (nSPS) is 10.5. The van der Waals surface area contributed by atoms with Gasteiger partial charge < -0.3 is 15.4 Å². The first-order valence-electron chi connectivity index (χ1n) is 9.29. The van der Waals surface area contributed by atoms with Crippen LogP contribution in [0, 0.1) is 0 Å². The van der Waals surface area contributed by atoms with Crippen molar-refractivity contribution >= 4 is 28.9 Å². The molecule has 0 aliphatic heterocycles. The Labute approximate surface area is 169 Å². The molecule has 0 atom stereocenters. The number of esters is 1. The van der Waals surface area contributed by atoms with Crippen LogP contribution in [0.4, 0.5) is 17.1 Å². The lowest BCUT2D eigenvalue weighted by atomic mass is 10.0. The first kappa shape index (κ1) is 20.1. The van der Waals surface area contributed by atoms with Gasteiger partial charge in [-0.3, -0.25) is 4.79 Å². The van der Waals surface area contributed by atoms with Crippen molar-refractivity contribution in [3.63, 3.8) is 0 Å². The second-order valence-electron chi connectivity index (χ2n) is 6.86. The summed E-state index contributed by atoms with van der Waals surface area (Å²) in [5.41, 5.74) is 4.27. The molecule has 0 spiro atoms. The molecule has 1 aromatic heterocycles. The first-order valence-corrected chi connectivity index (χ1v) is 9.29. The van der Waals surface area contributed by atoms with Gasteiger partial charge in [0.1, 0.15) is 5.69 Å². The Morgan fingerprint density at radius 2 is 1.48 bits per heavy atom. The molecule has 0 unspecified atom stereocenters. The van der Waals surface area contributed by atoms with Gasteiger partial charge in [-0.25, -0.2) is 9.78 Å². The smallest absolute Gasteiger partial charge is 0.337 e. The van der Waals surface area contributed by atoms with E-state index in [0.717, 1.165) is 17.1 Å². The third-order valence-electron chi connectivity index (χ3n) is 4.43. The van der Waals surface area contributed by atoms with Crippen molar-refractivity contribution < 1.29 is 14.3 Å². The molecular formula is C23H23N3O3. The SMILES string of the molecule is COC(=O)c1ccc(Nc2ccc(C(=O)Nc3ccc(C(C)C)cc3)nc2)cc1. The average molecular weight is 389 g/mol. The van der Waals surface area contributed by atoms with E-state index in [2.05, 4.69) is 34.2 Å². The van der Waals surface area contributed by atoms with Gasteiger partial charge in [-0.15, -0.1) is 0 Å². The standard InChI is InChI=1S/C23H23N3O3/c1-15(2)16-4-8-19(9-5-16)26-22(27)21-13-12-20(14-24-21)25-18-10-6-17(7-11-18)23(28)29-3/h4-15,25H,1-3H3,(H,26,27). The third-order valence-corrected chi connectivity index (χ3v) is 4.43. The molecule has 6 heteroatoms. The predicted molar refractivity (Wildman–Crippen MR) is 114 cm³/mol. The second-order valence-corrected chi connectivity index (χ2v) is 6.86. The van der Waals surface area contributed by atoms with Crippen molar-refractivity contribution in [2.75, 3.05) is 17.7 Å². The van der Waals surface area contributed by atoms with E-state index in [1.54, 1.807) is 42.6 Å². The van der Waals surface area contributed by atoms with Gasteiger partial charge in [0.05, 0.1) is 24.6 Å². The number of methoxy groups -OCH3 is 1. The molecule has 3 rings (SSSR count). The van der Waals surface area contributed by atoms with E-state index in [0.29, 0.717) is 17.2 Å². The molecule has 0 aliphatic carbocycles. The molecule has 0 aliphatic rings. The number of aromatic nitrogens is 1. The summed E-state index contributed by atoms with van der Waals surface area (Å²) in [5.74, 6) is -0.207. The molecule has 3 aromatic rings. The van der Waals surface area contributed by atoms with E-state index >= 15 is 0 Å². The number of hydrogen-bond donors (Lipinski definition) is 2. The van der Waals surface area contributed by atoms with Gasteiger partial charge in [-0.1, -0.05) is 26.0 Å². The molecule has 0 bridgehead atoms. The van der Waals surface area contributed by atoms with E-state index in [1.807, 2.05) is 24.3 Å². The van der Waals surface area contributed by atoms with Gasteiger partial charge in [0, 0.05) is 11.4 Å². The van der Waals surface area contributed by atoms with E-state index in [1.165, 1.54) is 12.7 Å². The monoisotopic (exact) mass is 389 g/mol. The molecule has 148 valence electrons. The Morgan fingerprint density at radius 3 is 2.03 bits per heavy atom. The second kappa shape index (κ2) is 9.01. The highest BCUT2D eigenvalue weighted by Gasteiger charge is 2.09. The lowest BCUT2D eigenvalue weighted by molar-refractivity contribution is 0.0600. The molecule has 0 fully saturated rings. The number of benzene rings is 2. The van der Waals surface area contributed by atoms with Crippen LogP contribution in [0.1, 0.15) is 46.2 Å². The maximum Gasteiger partial charge on any atom is 0.337 e. The van der Waals surface area contributed by atoms with Crippen LogP contribution in [0.3, 0.4) is 0 Å². The fourth-order valence-corrected chi connectivity index (χ4v) is 2.72. The summed E-state index contributed by atoms with van der Waals surface area (Å²) in [6.07, 6.45) is 1.59. The highest BCUT2D eigenvalue weighted by Crippen LogP contribution is 2.19. The van der Waals surface area contributed by atoms with Crippen LogP contribution in [0.25, 0.3) is 0 Å². The number of nitrogens with one attached hydrogen (secondary N) is 2. The number of nitrogens with zero attached hydrogens (tertiary/aromatic N) is 1. The minimum Gasteiger partial charge on any atom is -0.465 e. The quantitative estimate of drug-likeness (QED) is 0.581. The number of amides is 1. The molecule has 0 saturated heterocycles. The highest BCUT2D eigenvalue weighted by atomic mass is 16.5. The topological polar surface area (TPSA) is 80.3 Å². The zero-order valence-electron chi connectivity index (χ0n) is 16.6. The average Bonchev–Trinajstić information content (AvgIpc) is 2.74. The summed E-state index contributed by atoms with van der Waals surface area (Å²) >= 11 is 0. The van der Waals surface area contributed by atoms with Gasteiger partial charge in [-0.05, 0) is 60.0 Å². The maximum absolute atomic E-state index is 12.4. The molecule has 29 heavy (non-hydrogen) atoms. The van der Waals surface area contributed by atoms with E-state index in [9.17, 15) is 9.59 Å². The third kappa shape index (κ3) is 5.19. The number of hydrogen-bond acceptors (Lipinski definition) is 5. The van der Waals surface area contributed by atoms with E-state index < -0.39 is 0 Å². The number of pyridine rings is 1. The summed E-state index contributed by atoms with van der Waals surface area (Å²) in [4.78, 5) is 28.1. The van der Waals surface area contributed by atoms with Crippen LogP contribution in [0.15, 0.2) is 66.9 Å². The van der Waals surface area contributed by atoms with Crippen molar-refractivity contribution in [3.8, 4) is 0 Å². The molecule has 1 heterocycles. The van der Waals surface area contributed by atoms with Crippen molar-refractivity contribution in [2.45, 2.75) is 19.8 Å². The van der Waals surface area contributed by atoms with Crippen LogP contribution in [-0.4, -0.2) is 24.0 Å². The summed E-state index contributed by atoms with van der Waals surface area (Å²) in [7, 11) is 1.35. The Bertz CT molecular complexity index is 979. The predicted octanol–water partition coefficient (Wildman–Crippen LogP) is 4.99. The van der Waals surface area contributed by atoms with E-state index in [-0.39, 0.29) is 11.9 Å². The number of carbonyl (C=O) groups is 2. The first-order chi connectivity index (χ1) is 14.0. The molecule has 1 amide bonds. The van der Waals surface area contributed by atoms with Crippen molar-refractivity contribution in [1.82, 2.24) is 4.98 Å². The van der Waals surface area contributed by atoms with Gasteiger partial charge in [-0.2, -0.15) is 0 Å². The summed E-state index contributed by atoms with van der Waals surface area (Å²) < 4.78 is 4.68. The fraction of sp³-hybridized carbons (Fsp3) is 0.174. The molecule has 0 saturated carbocycles. The van der Waals surface area contributed by atoms with Crippen LogP contribution in [0.5, 0.6) is 0 Å². The fourth-order valence-electron chi connectivity index (χ4n) is 2.72. The Morgan fingerprint density at radius 1 is 0.862 bits per heavy atom. The van der Waals surface area contributed by atoms with Crippen LogP contribution >= 0.6 is 0 Å². The maximum atomic E-state index is 12.4.